The first-order valence-electron chi connectivity index (χ1n) is 11.4. The molecule has 0 fully saturated rings. The van der Waals surface area contributed by atoms with Crippen molar-refractivity contribution in [3.8, 4) is 11.5 Å². The zero-order valence-corrected chi connectivity index (χ0v) is 22.0. The lowest BCUT2D eigenvalue weighted by molar-refractivity contribution is -0.139. The van der Waals surface area contributed by atoms with E-state index in [1.165, 1.54) is 4.90 Å². The third kappa shape index (κ3) is 8.17. The summed E-state index contributed by atoms with van der Waals surface area (Å²) in [6, 6.07) is 12.7. The maximum atomic E-state index is 13.5. The van der Waals surface area contributed by atoms with Crippen LogP contribution in [0.1, 0.15) is 33.3 Å². The highest BCUT2D eigenvalue weighted by atomic mass is 32.2. The molecule has 1 atom stereocenters. The lowest BCUT2D eigenvalue weighted by Gasteiger charge is -2.32. The van der Waals surface area contributed by atoms with Gasteiger partial charge in [0.25, 0.3) is 0 Å². The maximum Gasteiger partial charge on any atom is 0.244 e. The fraction of sp³-hybridized carbons (Fsp3) is 0.440. The molecule has 9 nitrogen and oxygen atoms in total. The Morgan fingerprint density at radius 2 is 1.54 bits per heavy atom. The largest absolute Gasteiger partial charge is 0.497 e. The lowest BCUT2D eigenvalue weighted by Crippen LogP contribution is -2.52. The molecule has 0 aliphatic heterocycles. The molecule has 0 aliphatic carbocycles. The van der Waals surface area contributed by atoms with Crippen LogP contribution in [0, 0.1) is 0 Å². The molecule has 2 aromatic carbocycles. The number of amides is 2. The van der Waals surface area contributed by atoms with Crippen molar-refractivity contribution < 1.29 is 27.5 Å². The van der Waals surface area contributed by atoms with Crippen molar-refractivity contribution in [3.05, 3.63) is 54.1 Å². The first-order valence-corrected chi connectivity index (χ1v) is 13.2. The van der Waals surface area contributed by atoms with Gasteiger partial charge in [0.1, 0.15) is 24.1 Å². The maximum absolute atomic E-state index is 13.5. The molecule has 0 unspecified atom stereocenters. The molecule has 10 heteroatoms. The Morgan fingerprint density at radius 3 is 2.03 bits per heavy atom. The predicted octanol–water partition coefficient (Wildman–Crippen LogP) is 2.80. The average Bonchev–Trinajstić information content (AvgIpc) is 2.80. The molecule has 0 heterocycles. The lowest BCUT2D eigenvalue weighted by atomic mass is 10.1. The van der Waals surface area contributed by atoms with Crippen LogP contribution in [-0.4, -0.2) is 63.7 Å². The molecule has 0 saturated carbocycles. The molecular formula is C25H35N3O6S. The zero-order chi connectivity index (χ0) is 26.2. The Bertz CT molecular complexity index is 1090. The molecule has 1 N–H and O–H groups in total. The van der Waals surface area contributed by atoms with E-state index in [0.29, 0.717) is 23.8 Å². The topological polar surface area (TPSA) is 105 Å². The summed E-state index contributed by atoms with van der Waals surface area (Å²) in [6.45, 7) is 7.28. The number of carbonyl (C=O) groups is 2. The summed E-state index contributed by atoms with van der Waals surface area (Å²) >= 11 is 0. The van der Waals surface area contributed by atoms with Gasteiger partial charge in [0, 0.05) is 12.6 Å². The summed E-state index contributed by atoms with van der Waals surface area (Å²) in [5.41, 5.74) is 1.10. The SMILES string of the molecule is CCOc1ccc(N(CC(=O)N(Cc2ccc(OC)cc2)[C@H](C)C(=O)NC(C)C)S(C)(=O)=O)cc1. The minimum atomic E-state index is -3.79. The van der Waals surface area contributed by atoms with Gasteiger partial charge in [-0.05, 0) is 69.7 Å². The molecule has 35 heavy (non-hydrogen) atoms. The Morgan fingerprint density at radius 1 is 0.971 bits per heavy atom. The summed E-state index contributed by atoms with van der Waals surface area (Å²) < 4.78 is 36.9. The molecule has 0 aromatic heterocycles. The monoisotopic (exact) mass is 505 g/mol. The number of ether oxygens (including phenoxy) is 2. The predicted molar refractivity (Wildman–Crippen MR) is 136 cm³/mol. The molecule has 0 aliphatic rings. The highest BCUT2D eigenvalue weighted by molar-refractivity contribution is 7.92. The molecule has 0 bridgehead atoms. The van der Waals surface area contributed by atoms with Gasteiger partial charge < -0.3 is 19.7 Å². The molecule has 0 spiro atoms. The molecule has 2 amide bonds. The van der Waals surface area contributed by atoms with E-state index in [9.17, 15) is 18.0 Å². The molecule has 0 saturated heterocycles. The van der Waals surface area contributed by atoms with Crippen LogP contribution < -0.4 is 19.1 Å². The third-order valence-electron chi connectivity index (χ3n) is 5.23. The van der Waals surface area contributed by atoms with Crippen molar-refractivity contribution in [2.24, 2.45) is 0 Å². The van der Waals surface area contributed by atoms with Crippen molar-refractivity contribution in [1.29, 1.82) is 0 Å². The number of nitrogens with zero attached hydrogens (tertiary/aromatic N) is 2. The first kappa shape index (κ1) is 28.0. The minimum absolute atomic E-state index is 0.112. The smallest absolute Gasteiger partial charge is 0.244 e. The highest BCUT2D eigenvalue weighted by Crippen LogP contribution is 2.23. The second kappa shape index (κ2) is 12.4. The zero-order valence-electron chi connectivity index (χ0n) is 21.1. The number of carbonyl (C=O) groups excluding carboxylic acids is 2. The van der Waals surface area contributed by atoms with E-state index in [1.54, 1.807) is 62.6 Å². The molecule has 2 rings (SSSR count). The summed E-state index contributed by atoms with van der Waals surface area (Å²) in [5, 5.41) is 2.82. The van der Waals surface area contributed by atoms with Crippen LogP contribution in [0.3, 0.4) is 0 Å². The van der Waals surface area contributed by atoms with Crippen molar-refractivity contribution in [2.45, 2.75) is 46.3 Å². The summed E-state index contributed by atoms with van der Waals surface area (Å²) in [4.78, 5) is 27.6. The third-order valence-corrected chi connectivity index (χ3v) is 6.37. The molecule has 2 aromatic rings. The number of rotatable bonds is 12. The molecular weight excluding hydrogens is 470 g/mol. The van der Waals surface area contributed by atoms with E-state index < -0.39 is 28.5 Å². The van der Waals surface area contributed by atoms with Gasteiger partial charge in [-0.3, -0.25) is 13.9 Å². The van der Waals surface area contributed by atoms with E-state index >= 15 is 0 Å². The number of anilines is 1. The van der Waals surface area contributed by atoms with Gasteiger partial charge in [-0.2, -0.15) is 0 Å². The van der Waals surface area contributed by atoms with Gasteiger partial charge in [-0.1, -0.05) is 12.1 Å². The minimum Gasteiger partial charge on any atom is -0.497 e. The Kier molecular flexibility index (Phi) is 9.94. The fourth-order valence-electron chi connectivity index (χ4n) is 3.40. The number of sulfonamides is 1. The second-order valence-electron chi connectivity index (χ2n) is 8.41. The Labute approximate surface area is 208 Å². The van der Waals surface area contributed by atoms with E-state index in [0.717, 1.165) is 16.1 Å². The number of nitrogens with one attached hydrogen (secondary N) is 1. The Hall–Kier alpha value is -3.27. The van der Waals surface area contributed by atoms with Gasteiger partial charge >= 0.3 is 0 Å². The quantitative estimate of drug-likeness (QED) is 0.476. The molecule has 0 radical (unpaired) electrons. The Balaban J connectivity index is 2.36. The van der Waals surface area contributed by atoms with Crippen LogP contribution in [-0.2, 0) is 26.2 Å². The summed E-state index contributed by atoms with van der Waals surface area (Å²) in [7, 11) is -2.23. The number of methoxy groups -OCH3 is 1. The van der Waals surface area contributed by atoms with Crippen LogP contribution in [0.25, 0.3) is 0 Å². The van der Waals surface area contributed by atoms with Gasteiger partial charge in [0.2, 0.25) is 21.8 Å². The number of hydrogen-bond donors (Lipinski definition) is 1. The number of benzene rings is 2. The van der Waals surface area contributed by atoms with Crippen LogP contribution in [0.2, 0.25) is 0 Å². The first-order chi connectivity index (χ1) is 16.5. The van der Waals surface area contributed by atoms with E-state index in [2.05, 4.69) is 5.32 Å². The van der Waals surface area contributed by atoms with Crippen LogP contribution in [0.4, 0.5) is 5.69 Å². The van der Waals surface area contributed by atoms with Crippen molar-refractivity contribution in [1.82, 2.24) is 10.2 Å². The van der Waals surface area contributed by atoms with Gasteiger partial charge in [-0.25, -0.2) is 8.42 Å². The van der Waals surface area contributed by atoms with Crippen LogP contribution in [0.5, 0.6) is 11.5 Å². The second-order valence-corrected chi connectivity index (χ2v) is 10.3. The van der Waals surface area contributed by atoms with Crippen LogP contribution in [0.15, 0.2) is 48.5 Å². The van der Waals surface area contributed by atoms with Crippen LogP contribution >= 0.6 is 0 Å². The van der Waals surface area contributed by atoms with E-state index in [4.69, 9.17) is 9.47 Å². The van der Waals surface area contributed by atoms with Gasteiger partial charge in [0.15, 0.2) is 0 Å². The summed E-state index contributed by atoms with van der Waals surface area (Å²) in [6.07, 6.45) is 1.04. The van der Waals surface area contributed by atoms with Gasteiger partial charge in [-0.15, -0.1) is 0 Å². The van der Waals surface area contributed by atoms with Crippen molar-refractivity contribution in [3.63, 3.8) is 0 Å². The van der Waals surface area contributed by atoms with Crippen molar-refractivity contribution in [2.75, 3.05) is 30.8 Å². The van der Waals surface area contributed by atoms with E-state index in [-0.39, 0.29) is 18.5 Å². The van der Waals surface area contributed by atoms with Crippen molar-refractivity contribution >= 4 is 27.5 Å². The fourth-order valence-corrected chi connectivity index (χ4v) is 4.25. The van der Waals surface area contributed by atoms with E-state index in [1.807, 2.05) is 20.8 Å². The average molecular weight is 506 g/mol. The normalized spacial score (nSPS) is 12.1. The summed E-state index contributed by atoms with van der Waals surface area (Å²) in [5.74, 6) is 0.424. The van der Waals surface area contributed by atoms with Gasteiger partial charge in [0.05, 0.1) is 25.7 Å². The standard InChI is InChI=1S/C25H35N3O6S/c1-7-34-23-14-10-21(11-15-23)28(35(6,31)32)17-24(29)27(19(4)25(30)26-18(2)3)16-20-8-12-22(33-5)13-9-20/h8-15,18-19H,7,16-17H2,1-6H3,(H,26,30)/t19-/m1/s1. The number of hydrogen-bond acceptors (Lipinski definition) is 6. The highest BCUT2D eigenvalue weighted by Gasteiger charge is 2.30. The molecule has 192 valence electrons.